The smallest absolute Gasteiger partial charge is 0.379 e. The minimum absolute atomic E-state index is 0.283. The van der Waals surface area contributed by atoms with Gasteiger partial charge in [-0.1, -0.05) is 105 Å². The number of hydrogen-bond donors (Lipinski definition) is 0. The quantitative estimate of drug-likeness (QED) is 0.147. The summed E-state index contributed by atoms with van der Waals surface area (Å²) in [5.41, 5.74) is 0. The lowest BCUT2D eigenvalue weighted by Gasteiger charge is -2.25. The zero-order valence-corrected chi connectivity index (χ0v) is 20.4. The second-order valence-corrected chi connectivity index (χ2v) is 9.56. The van der Waals surface area contributed by atoms with Gasteiger partial charge in [-0.2, -0.15) is 0 Å². The molecule has 27 heavy (non-hydrogen) atoms. The Bertz CT molecular complexity index is 269. The molecule has 0 aromatic carbocycles. The Hall–Kier alpha value is 0.0969. The molecule has 0 rings (SSSR count). The van der Waals surface area contributed by atoms with Crippen molar-refractivity contribution in [1.82, 2.24) is 0 Å². The molecule has 0 aliphatic carbocycles. The van der Waals surface area contributed by atoms with Gasteiger partial charge in [0.05, 0.1) is 0 Å². The summed E-state index contributed by atoms with van der Waals surface area (Å²) in [6, 6.07) is 0. The molecule has 0 radical (unpaired) electrons. The molecule has 0 aliphatic heterocycles. The Kier molecular flexibility index (Phi) is 20.9. The monoisotopic (exact) mass is 402 g/mol. The topological polar surface area (TPSA) is 27.7 Å². The van der Waals surface area contributed by atoms with Crippen molar-refractivity contribution in [2.75, 3.05) is 7.11 Å². The molecule has 0 aromatic rings. The zero-order chi connectivity index (χ0) is 20.2. The van der Waals surface area contributed by atoms with E-state index < -0.39 is 9.53 Å². The third-order valence-electron chi connectivity index (χ3n) is 5.47. The van der Waals surface area contributed by atoms with E-state index in [2.05, 4.69) is 27.7 Å². The van der Waals surface area contributed by atoms with Gasteiger partial charge < -0.3 is 13.3 Å². The van der Waals surface area contributed by atoms with Crippen molar-refractivity contribution >= 4 is 9.53 Å². The highest BCUT2D eigenvalue weighted by molar-refractivity contribution is 6.36. The molecule has 0 aliphatic rings. The summed E-state index contributed by atoms with van der Waals surface area (Å²) in [6.07, 6.45) is 21.1. The van der Waals surface area contributed by atoms with Crippen LogP contribution in [0.1, 0.15) is 130 Å². The van der Waals surface area contributed by atoms with Crippen molar-refractivity contribution in [2.45, 2.75) is 143 Å². The molecule has 3 nitrogen and oxygen atoms in total. The molecule has 0 bridgehead atoms. The lowest BCUT2D eigenvalue weighted by Crippen LogP contribution is -2.35. The maximum atomic E-state index is 6.38. The van der Waals surface area contributed by atoms with Gasteiger partial charge in [-0.25, -0.2) is 0 Å². The standard InChI is InChI=1S/C23H50O3Si/c1-6-10-12-14-16-18-20-23(21-19-17-15-13-11-7-2)26-27(24-5)25-22(8-3)9-4/h22-23,27H,6-21H2,1-5H3. The second-order valence-electron chi connectivity index (χ2n) is 7.97. The number of rotatable bonds is 21. The van der Waals surface area contributed by atoms with Crippen LogP contribution in [0, 0.1) is 0 Å². The van der Waals surface area contributed by atoms with Gasteiger partial charge in [0.25, 0.3) is 0 Å². The molecule has 0 saturated heterocycles. The Morgan fingerprint density at radius 3 is 1.37 bits per heavy atom. The first-order valence-corrected chi connectivity index (χ1v) is 13.5. The van der Waals surface area contributed by atoms with Crippen LogP contribution in [0.4, 0.5) is 0 Å². The molecule has 1 atom stereocenters. The van der Waals surface area contributed by atoms with Gasteiger partial charge in [0.2, 0.25) is 0 Å². The summed E-state index contributed by atoms with van der Waals surface area (Å²) in [7, 11) is -0.248. The second kappa shape index (κ2) is 20.8. The first kappa shape index (κ1) is 27.1. The first-order chi connectivity index (χ1) is 13.2. The van der Waals surface area contributed by atoms with Crippen LogP contribution in [0.5, 0.6) is 0 Å². The van der Waals surface area contributed by atoms with E-state index in [0.717, 1.165) is 12.8 Å². The molecule has 0 saturated carbocycles. The van der Waals surface area contributed by atoms with Crippen molar-refractivity contribution < 1.29 is 13.3 Å². The molecule has 0 amide bonds. The fraction of sp³-hybridized carbons (Fsp3) is 1.00. The Balaban J connectivity index is 4.29. The highest BCUT2D eigenvalue weighted by Crippen LogP contribution is 2.19. The van der Waals surface area contributed by atoms with E-state index in [0.29, 0.717) is 6.10 Å². The molecular formula is C23H50O3Si. The maximum Gasteiger partial charge on any atom is 0.484 e. The summed E-state index contributed by atoms with van der Waals surface area (Å²) < 4.78 is 18.2. The van der Waals surface area contributed by atoms with Gasteiger partial charge >= 0.3 is 9.53 Å². The summed E-state index contributed by atoms with van der Waals surface area (Å²) >= 11 is 0. The third-order valence-corrected chi connectivity index (χ3v) is 7.07. The minimum Gasteiger partial charge on any atom is -0.379 e. The van der Waals surface area contributed by atoms with Crippen LogP contribution in [0.2, 0.25) is 0 Å². The fourth-order valence-corrected chi connectivity index (χ4v) is 5.10. The lowest BCUT2D eigenvalue weighted by molar-refractivity contribution is 0.0319. The normalized spacial score (nSPS) is 13.0. The summed E-state index contributed by atoms with van der Waals surface area (Å²) in [5.74, 6) is 0. The van der Waals surface area contributed by atoms with Crippen LogP contribution >= 0.6 is 0 Å². The molecule has 164 valence electrons. The van der Waals surface area contributed by atoms with Crippen LogP contribution in [0.25, 0.3) is 0 Å². The van der Waals surface area contributed by atoms with Gasteiger partial charge in [0.15, 0.2) is 0 Å². The lowest BCUT2D eigenvalue weighted by atomic mass is 10.0. The number of hydrogen-bond acceptors (Lipinski definition) is 3. The average Bonchev–Trinajstić information content (AvgIpc) is 2.69. The van der Waals surface area contributed by atoms with E-state index >= 15 is 0 Å². The summed E-state index contributed by atoms with van der Waals surface area (Å²) in [6.45, 7) is 8.91. The SMILES string of the molecule is CCCCCCCCC(CCCCCCCC)O[SiH](OC)OC(CC)CC. The van der Waals surface area contributed by atoms with Gasteiger partial charge in [-0.15, -0.1) is 0 Å². The van der Waals surface area contributed by atoms with Crippen molar-refractivity contribution in [3.05, 3.63) is 0 Å². The maximum absolute atomic E-state index is 6.38. The van der Waals surface area contributed by atoms with Gasteiger partial charge in [-0.3, -0.25) is 0 Å². The largest absolute Gasteiger partial charge is 0.484 e. The van der Waals surface area contributed by atoms with Crippen molar-refractivity contribution in [3.63, 3.8) is 0 Å². The van der Waals surface area contributed by atoms with Gasteiger partial charge in [-0.05, 0) is 25.7 Å². The van der Waals surface area contributed by atoms with E-state index in [1.165, 1.54) is 89.9 Å². The third kappa shape index (κ3) is 16.7. The minimum atomic E-state index is -2.00. The van der Waals surface area contributed by atoms with Gasteiger partial charge in [0, 0.05) is 19.3 Å². The van der Waals surface area contributed by atoms with Crippen LogP contribution in [-0.2, 0) is 13.3 Å². The van der Waals surface area contributed by atoms with Crippen LogP contribution in [-0.4, -0.2) is 28.8 Å². The molecule has 0 aromatic heterocycles. The predicted octanol–water partition coefficient (Wildman–Crippen LogP) is 7.44. The van der Waals surface area contributed by atoms with Crippen molar-refractivity contribution in [3.8, 4) is 0 Å². The highest BCUT2D eigenvalue weighted by atomic mass is 28.3. The molecule has 0 fully saturated rings. The summed E-state index contributed by atoms with van der Waals surface area (Å²) in [4.78, 5) is 0. The van der Waals surface area contributed by atoms with Crippen LogP contribution in [0.15, 0.2) is 0 Å². The van der Waals surface area contributed by atoms with Crippen molar-refractivity contribution in [1.29, 1.82) is 0 Å². The van der Waals surface area contributed by atoms with E-state index in [1.807, 2.05) is 0 Å². The summed E-state index contributed by atoms with van der Waals surface area (Å²) in [5, 5.41) is 0. The molecule has 1 unspecified atom stereocenters. The van der Waals surface area contributed by atoms with E-state index in [4.69, 9.17) is 13.3 Å². The first-order valence-electron chi connectivity index (χ1n) is 12.0. The fourth-order valence-electron chi connectivity index (χ4n) is 3.52. The molecule has 0 spiro atoms. The van der Waals surface area contributed by atoms with E-state index in [9.17, 15) is 0 Å². The average molecular weight is 403 g/mol. The Morgan fingerprint density at radius 2 is 0.963 bits per heavy atom. The Morgan fingerprint density at radius 1 is 0.556 bits per heavy atom. The van der Waals surface area contributed by atoms with Crippen molar-refractivity contribution in [2.24, 2.45) is 0 Å². The van der Waals surface area contributed by atoms with Crippen LogP contribution in [0.3, 0.4) is 0 Å². The Labute approximate surface area is 172 Å². The molecule has 0 heterocycles. The predicted molar refractivity (Wildman–Crippen MR) is 120 cm³/mol. The van der Waals surface area contributed by atoms with E-state index in [-0.39, 0.29) is 6.10 Å². The van der Waals surface area contributed by atoms with Gasteiger partial charge in [0.1, 0.15) is 0 Å². The highest BCUT2D eigenvalue weighted by Gasteiger charge is 2.23. The van der Waals surface area contributed by atoms with E-state index in [1.54, 1.807) is 7.11 Å². The molecule has 4 heteroatoms. The number of unbranched alkanes of at least 4 members (excludes halogenated alkanes) is 10. The molecule has 0 N–H and O–H groups in total. The van der Waals surface area contributed by atoms with Crippen LogP contribution < -0.4 is 0 Å². The zero-order valence-electron chi connectivity index (χ0n) is 19.3. The molecular weight excluding hydrogens is 352 g/mol.